The lowest BCUT2D eigenvalue weighted by Gasteiger charge is -2.30. The molecule has 3 aliphatic rings. The summed E-state index contributed by atoms with van der Waals surface area (Å²) >= 11 is 0. The van der Waals surface area contributed by atoms with Crippen LogP contribution in [-0.2, 0) is 37.2 Å². The second-order valence-electron chi connectivity index (χ2n) is 8.82. The van der Waals surface area contributed by atoms with Gasteiger partial charge in [-0.2, -0.15) is 0 Å². The zero-order valence-electron chi connectivity index (χ0n) is 17.2. The van der Waals surface area contributed by atoms with E-state index >= 15 is 0 Å². The minimum atomic E-state index is 0.370. The Morgan fingerprint density at radius 1 is 0.767 bits per heavy atom. The Morgan fingerprint density at radius 2 is 1.63 bits per heavy atom. The number of fused-ring (bicyclic) bond motifs is 3. The lowest BCUT2D eigenvalue weighted by atomic mass is 9.86. The van der Waals surface area contributed by atoms with E-state index in [2.05, 4.69) is 66.0 Å². The number of rotatable bonds is 2. The van der Waals surface area contributed by atoms with Crippen LogP contribution in [0.15, 0.2) is 60.7 Å². The third kappa shape index (κ3) is 3.32. The third-order valence-corrected chi connectivity index (χ3v) is 6.95. The van der Waals surface area contributed by atoms with Gasteiger partial charge in [-0.05, 0) is 64.3 Å². The van der Waals surface area contributed by atoms with Crippen molar-refractivity contribution in [3.63, 3.8) is 0 Å². The highest BCUT2D eigenvalue weighted by Gasteiger charge is 2.25. The number of hydrogen-bond acceptors (Lipinski definition) is 3. The molecule has 3 nitrogen and oxygen atoms in total. The van der Waals surface area contributed by atoms with Crippen LogP contribution in [-0.4, -0.2) is 13.2 Å². The van der Waals surface area contributed by atoms with E-state index in [0.717, 1.165) is 51.4 Å². The van der Waals surface area contributed by atoms with Crippen molar-refractivity contribution < 1.29 is 9.47 Å². The van der Waals surface area contributed by atoms with Crippen LogP contribution in [0.2, 0.25) is 0 Å². The van der Waals surface area contributed by atoms with Gasteiger partial charge in [0.25, 0.3) is 0 Å². The maximum absolute atomic E-state index is 6.19. The topological polar surface area (TPSA) is 30.5 Å². The molecule has 3 aromatic carbocycles. The predicted octanol–water partition coefficient (Wildman–Crippen LogP) is 4.87. The second kappa shape index (κ2) is 7.57. The summed E-state index contributed by atoms with van der Waals surface area (Å²) < 4.78 is 11.8. The van der Waals surface area contributed by atoms with Crippen LogP contribution in [0.4, 0.5) is 0 Å². The molecule has 0 spiro atoms. The molecule has 0 aliphatic carbocycles. The van der Waals surface area contributed by atoms with Crippen molar-refractivity contribution in [3.05, 3.63) is 99.6 Å². The van der Waals surface area contributed by atoms with E-state index in [1.807, 2.05) is 0 Å². The van der Waals surface area contributed by atoms with E-state index < -0.39 is 0 Å². The summed E-state index contributed by atoms with van der Waals surface area (Å²) in [7, 11) is 0. The van der Waals surface area contributed by atoms with Crippen molar-refractivity contribution in [2.24, 2.45) is 0 Å². The lowest BCUT2D eigenvalue weighted by molar-refractivity contribution is 0.110. The molecule has 152 valence electrons. The fraction of sp³-hybridized carbons (Fsp3) is 0.333. The molecular weight excluding hydrogens is 370 g/mol. The molecule has 3 aliphatic heterocycles. The van der Waals surface area contributed by atoms with Crippen molar-refractivity contribution in [1.82, 2.24) is 5.32 Å². The van der Waals surface area contributed by atoms with Gasteiger partial charge >= 0.3 is 0 Å². The van der Waals surface area contributed by atoms with Crippen LogP contribution in [0.3, 0.4) is 0 Å². The summed E-state index contributed by atoms with van der Waals surface area (Å²) in [6.45, 7) is 3.29. The SMILES string of the molecule is c1ccc2c(c1)CNC(c1ccc3c(c1)CC(c1ccc4c(c1)CCOC4)CO3)C2. The number of ether oxygens (including phenoxy) is 2. The van der Waals surface area contributed by atoms with Crippen LogP contribution in [0.5, 0.6) is 5.75 Å². The molecule has 3 heterocycles. The van der Waals surface area contributed by atoms with E-state index in [9.17, 15) is 0 Å². The Balaban J connectivity index is 1.24. The van der Waals surface area contributed by atoms with E-state index in [4.69, 9.17) is 9.47 Å². The minimum absolute atomic E-state index is 0.370. The third-order valence-electron chi connectivity index (χ3n) is 6.95. The van der Waals surface area contributed by atoms with E-state index in [0.29, 0.717) is 12.0 Å². The normalized spacial score (nSPS) is 22.4. The number of benzene rings is 3. The van der Waals surface area contributed by atoms with Gasteiger partial charge in [0.15, 0.2) is 0 Å². The summed E-state index contributed by atoms with van der Waals surface area (Å²) in [4.78, 5) is 0. The van der Waals surface area contributed by atoms with Crippen molar-refractivity contribution in [3.8, 4) is 5.75 Å². The molecule has 1 N–H and O–H groups in total. The van der Waals surface area contributed by atoms with Crippen molar-refractivity contribution in [2.45, 2.75) is 44.4 Å². The fourth-order valence-electron chi connectivity index (χ4n) is 5.17. The van der Waals surface area contributed by atoms with Gasteiger partial charge < -0.3 is 14.8 Å². The number of hydrogen-bond donors (Lipinski definition) is 1. The maximum Gasteiger partial charge on any atom is 0.122 e. The molecule has 0 amide bonds. The summed E-state index contributed by atoms with van der Waals surface area (Å²) in [6.07, 6.45) is 3.11. The molecule has 6 rings (SSSR count). The first kappa shape index (κ1) is 18.2. The predicted molar refractivity (Wildman–Crippen MR) is 118 cm³/mol. The molecule has 2 unspecified atom stereocenters. The Labute approximate surface area is 178 Å². The van der Waals surface area contributed by atoms with E-state index in [1.165, 1.54) is 38.9 Å². The zero-order valence-corrected chi connectivity index (χ0v) is 17.2. The van der Waals surface area contributed by atoms with Gasteiger partial charge in [0.05, 0.1) is 19.8 Å². The molecule has 0 aromatic heterocycles. The van der Waals surface area contributed by atoms with Crippen molar-refractivity contribution >= 4 is 0 Å². The summed E-state index contributed by atoms with van der Waals surface area (Å²) in [5.74, 6) is 1.47. The summed E-state index contributed by atoms with van der Waals surface area (Å²) in [6, 6.07) is 22.8. The van der Waals surface area contributed by atoms with Gasteiger partial charge in [-0.25, -0.2) is 0 Å². The average Bonchev–Trinajstić information content (AvgIpc) is 2.82. The lowest BCUT2D eigenvalue weighted by Crippen LogP contribution is -2.28. The Hall–Kier alpha value is -2.62. The maximum atomic E-state index is 6.19. The monoisotopic (exact) mass is 397 g/mol. The second-order valence-corrected chi connectivity index (χ2v) is 8.82. The Morgan fingerprint density at radius 3 is 2.60 bits per heavy atom. The first-order valence-corrected chi connectivity index (χ1v) is 11.1. The Kier molecular flexibility index (Phi) is 4.59. The van der Waals surface area contributed by atoms with Gasteiger partial charge in [0.2, 0.25) is 0 Å². The first-order chi connectivity index (χ1) is 14.8. The summed E-state index contributed by atoms with van der Waals surface area (Å²) in [5, 5.41) is 3.72. The summed E-state index contributed by atoms with van der Waals surface area (Å²) in [5.41, 5.74) is 9.78. The van der Waals surface area contributed by atoms with E-state index in [-0.39, 0.29) is 0 Å². The van der Waals surface area contributed by atoms with Crippen LogP contribution in [0.1, 0.15) is 50.9 Å². The van der Waals surface area contributed by atoms with Gasteiger partial charge in [-0.3, -0.25) is 0 Å². The quantitative estimate of drug-likeness (QED) is 0.670. The molecule has 30 heavy (non-hydrogen) atoms. The average molecular weight is 398 g/mol. The minimum Gasteiger partial charge on any atom is -0.493 e. The van der Waals surface area contributed by atoms with Crippen LogP contribution >= 0.6 is 0 Å². The first-order valence-electron chi connectivity index (χ1n) is 11.1. The Bertz CT molecular complexity index is 1090. The van der Waals surface area contributed by atoms with Gasteiger partial charge in [0.1, 0.15) is 5.75 Å². The fourth-order valence-corrected chi connectivity index (χ4v) is 5.17. The molecule has 3 heteroatoms. The van der Waals surface area contributed by atoms with E-state index in [1.54, 1.807) is 0 Å². The highest BCUT2D eigenvalue weighted by Crippen LogP contribution is 2.36. The van der Waals surface area contributed by atoms with Gasteiger partial charge in [0, 0.05) is 18.5 Å². The smallest absolute Gasteiger partial charge is 0.122 e. The molecule has 2 atom stereocenters. The molecule has 0 radical (unpaired) electrons. The van der Waals surface area contributed by atoms with Crippen LogP contribution < -0.4 is 10.1 Å². The zero-order chi connectivity index (χ0) is 19.9. The molecule has 0 bridgehead atoms. The highest BCUT2D eigenvalue weighted by atomic mass is 16.5. The molecular formula is C27H27NO2. The van der Waals surface area contributed by atoms with Crippen LogP contribution in [0, 0.1) is 0 Å². The van der Waals surface area contributed by atoms with Crippen molar-refractivity contribution in [1.29, 1.82) is 0 Å². The number of nitrogens with one attached hydrogen (secondary N) is 1. The van der Waals surface area contributed by atoms with Gasteiger partial charge in [-0.1, -0.05) is 54.6 Å². The van der Waals surface area contributed by atoms with Crippen molar-refractivity contribution in [2.75, 3.05) is 13.2 Å². The largest absolute Gasteiger partial charge is 0.493 e. The van der Waals surface area contributed by atoms with Crippen LogP contribution in [0.25, 0.3) is 0 Å². The van der Waals surface area contributed by atoms with Gasteiger partial charge in [-0.15, -0.1) is 0 Å². The standard InChI is InChI=1S/C27H27NO2/c1-2-4-22-15-28-26(14-18(22)3-1)21-7-8-27-24(12-21)13-25(17-30-27)19-5-6-23-16-29-10-9-20(23)11-19/h1-8,11-12,25-26,28H,9-10,13-17H2. The molecule has 0 saturated carbocycles. The molecule has 0 fully saturated rings. The molecule has 0 saturated heterocycles. The molecule has 3 aromatic rings. The highest BCUT2D eigenvalue weighted by molar-refractivity contribution is 5.44.